The van der Waals surface area contributed by atoms with Gasteiger partial charge in [0.15, 0.2) is 0 Å². The summed E-state index contributed by atoms with van der Waals surface area (Å²) in [6, 6.07) is 14.3. The number of nitrogens with zero attached hydrogens (tertiary/aromatic N) is 1. The van der Waals surface area contributed by atoms with Crippen LogP contribution in [0.1, 0.15) is 16.1 Å². The van der Waals surface area contributed by atoms with Gasteiger partial charge in [-0.25, -0.2) is 4.79 Å². The third kappa shape index (κ3) is 2.43. The molecule has 1 aromatic heterocycles. The molecule has 0 aliphatic carbocycles. The van der Waals surface area contributed by atoms with Gasteiger partial charge in [-0.15, -0.1) is 0 Å². The maximum Gasteiger partial charge on any atom is 0.339 e. The molecular weight excluding hydrogens is 266 g/mol. The van der Waals surface area contributed by atoms with Gasteiger partial charge in [0.05, 0.1) is 5.52 Å². The van der Waals surface area contributed by atoms with E-state index >= 15 is 0 Å². The van der Waals surface area contributed by atoms with Crippen molar-refractivity contribution in [3.63, 3.8) is 0 Å². The van der Waals surface area contributed by atoms with Gasteiger partial charge < -0.3 is 10.2 Å². The van der Waals surface area contributed by atoms with Crippen LogP contribution in [0, 0.1) is 6.92 Å². The lowest BCUT2D eigenvalue weighted by atomic mass is 10.0. The number of phenols is 1. The summed E-state index contributed by atoms with van der Waals surface area (Å²) >= 11 is 0. The minimum absolute atomic E-state index is 0.102. The number of carboxylic acids is 1. The van der Waals surface area contributed by atoms with E-state index in [4.69, 9.17) is 5.11 Å². The lowest BCUT2D eigenvalue weighted by molar-refractivity contribution is 0.0694. The van der Waals surface area contributed by atoms with Gasteiger partial charge in [-0.3, -0.25) is 4.98 Å². The predicted molar refractivity (Wildman–Crippen MR) is 80.5 cm³/mol. The molecule has 0 radical (unpaired) electrons. The number of carboxylic acid groups (broad SMARTS) is 1. The number of benzene rings is 2. The molecule has 0 aliphatic heterocycles. The third-order valence-electron chi connectivity index (χ3n) is 3.39. The molecular formula is C17H13NO3. The van der Waals surface area contributed by atoms with Crippen LogP contribution in [0.25, 0.3) is 22.0 Å². The number of aromatic carboxylic acids is 1. The Bertz CT molecular complexity index is 856. The summed E-state index contributed by atoms with van der Waals surface area (Å²) in [5.41, 5.74) is 3.38. The van der Waals surface area contributed by atoms with E-state index in [0.29, 0.717) is 0 Å². The SMILES string of the molecule is Cc1ccc2cc(-c3ccc(O)c(C(=O)O)c3)ccc2n1. The van der Waals surface area contributed by atoms with Gasteiger partial charge in [0.2, 0.25) is 0 Å². The Morgan fingerprint density at radius 1 is 1.00 bits per heavy atom. The zero-order valence-electron chi connectivity index (χ0n) is 11.4. The van der Waals surface area contributed by atoms with Crippen molar-refractivity contribution in [3.05, 3.63) is 59.8 Å². The Morgan fingerprint density at radius 3 is 2.48 bits per heavy atom. The molecule has 0 unspecified atom stereocenters. The molecule has 2 aromatic carbocycles. The molecule has 0 saturated carbocycles. The van der Waals surface area contributed by atoms with E-state index in [1.165, 1.54) is 12.1 Å². The van der Waals surface area contributed by atoms with Crippen molar-refractivity contribution in [1.29, 1.82) is 0 Å². The highest BCUT2D eigenvalue weighted by atomic mass is 16.4. The van der Waals surface area contributed by atoms with Gasteiger partial charge >= 0.3 is 5.97 Å². The van der Waals surface area contributed by atoms with E-state index in [2.05, 4.69) is 4.98 Å². The number of aromatic nitrogens is 1. The van der Waals surface area contributed by atoms with Gasteiger partial charge in [0.1, 0.15) is 11.3 Å². The first-order valence-corrected chi connectivity index (χ1v) is 6.49. The normalized spacial score (nSPS) is 10.7. The number of hydrogen-bond donors (Lipinski definition) is 2. The molecule has 3 rings (SSSR count). The molecule has 4 nitrogen and oxygen atoms in total. The Hall–Kier alpha value is -2.88. The first kappa shape index (κ1) is 13.1. The minimum Gasteiger partial charge on any atom is -0.507 e. The summed E-state index contributed by atoms with van der Waals surface area (Å²) in [7, 11) is 0. The molecule has 0 spiro atoms. The molecule has 21 heavy (non-hydrogen) atoms. The first-order valence-electron chi connectivity index (χ1n) is 6.49. The molecule has 2 N–H and O–H groups in total. The van der Waals surface area contributed by atoms with Crippen molar-refractivity contribution < 1.29 is 15.0 Å². The third-order valence-corrected chi connectivity index (χ3v) is 3.39. The second-order valence-electron chi connectivity index (χ2n) is 4.90. The van der Waals surface area contributed by atoms with Gasteiger partial charge in [0, 0.05) is 11.1 Å². The number of aromatic hydroxyl groups is 1. The van der Waals surface area contributed by atoms with Crippen molar-refractivity contribution in [2.45, 2.75) is 6.92 Å². The zero-order valence-corrected chi connectivity index (χ0v) is 11.4. The van der Waals surface area contributed by atoms with Crippen molar-refractivity contribution in [2.24, 2.45) is 0 Å². The molecule has 0 aliphatic rings. The van der Waals surface area contributed by atoms with Gasteiger partial charge in [-0.05, 0) is 48.4 Å². The van der Waals surface area contributed by atoms with E-state index < -0.39 is 5.97 Å². The molecule has 3 aromatic rings. The van der Waals surface area contributed by atoms with Gasteiger partial charge in [-0.1, -0.05) is 18.2 Å². The van der Waals surface area contributed by atoms with Crippen LogP contribution >= 0.6 is 0 Å². The van der Waals surface area contributed by atoms with Crippen LogP contribution < -0.4 is 0 Å². The number of aryl methyl sites for hydroxylation is 1. The molecule has 1 heterocycles. The fourth-order valence-electron chi connectivity index (χ4n) is 2.29. The summed E-state index contributed by atoms with van der Waals surface area (Å²) < 4.78 is 0. The molecule has 0 bridgehead atoms. The van der Waals surface area contributed by atoms with Crippen LogP contribution in [0.3, 0.4) is 0 Å². The molecule has 0 amide bonds. The van der Waals surface area contributed by atoms with E-state index in [-0.39, 0.29) is 11.3 Å². The van der Waals surface area contributed by atoms with E-state index in [1.54, 1.807) is 6.07 Å². The van der Waals surface area contributed by atoms with Gasteiger partial charge in [-0.2, -0.15) is 0 Å². The predicted octanol–water partition coefficient (Wildman–Crippen LogP) is 3.61. The number of rotatable bonds is 2. The van der Waals surface area contributed by atoms with Crippen LogP contribution in [0.5, 0.6) is 5.75 Å². The molecule has 0 atom stereocenters. The number of fused-ring (bicyclic) bond motifs is 1. The fraction of sp³-hybridized carbons (Fsp3) is 0.0588. The number of hydrogen-bond acceptors (Lipinski definition) is 3. The lowest BCUT2D eigenvalue weighted by Crippen LogP contribution is -1.97. The second kappa shape index (κ2) is 4.90. The highest BCUT2D eigenvalue weighted by Crippen LogP contribution is 2.28. The molecule has 4 heteroatoms. The topological polar surface area (TPSA) is 70.4 Å². The number of pyridine rings is 1. The van der Waals surface area contributed by atoms with Crippen molar-refractivity contribution >= 4 is 16.9 Å². The standard InChI is InChI=1S/C17H13NO3/c1-10-2-3-13-8-11(4-6-15(13)18-10)12-5-7-16(19)14(9-12)17(20)21/h2-9,19H,1H3,(H,20,21). The second-order valence-corrected chi connectivity index (χ2v) is 4.90. The van der Waals surface area contributed by atoms with Crippen molar-refractivity contribution in [3.8, 4) is 16.9 Å². The molecule has 0 saturated heterocycles. The zero-order chi connectivity index (χ0) is 15.0. The van der Waals surface area contributed by atoms with Crippen LogP contribution in [0.4, 0.5) is 0 Å². The smallest absolute Gasteiger partial charge is 0.339 e. The van der Waals surface area contributed by atoms with E-state index in [9.17, 15) is 9.90 Å². The van der Waals surface area contributed by atoms with Crippen LogP contribution in [0.2, 0.25) is 0 Å². The minimum atomic E-state index is -1.15. The molecule has 104 valence electrons. The Labute approximate surface area is 121 Å². The average molecular weight is 279 g/mol. The van der Waals surface area contributed by atoms with E-state index in [0.717, 1.165) is 27.7 Å². The van der Waals surface area contributed by atoms with Crippen molar-refractivity contribution in [2.75, 3.05) is 0 Å². The summed E-state index contributed by atoms with van der Waals surface area (Å²) in [5, 5.41) is 19.6. The van der Waals surface area contributed by atoms with Crippen LogP contribution in [-0.4, -0.2) is 21.2 Å². The van der Waals surface area contributed by atoms with Crippen LogP contribution in [-0.2, 0) is 0 Å². The van der Waals surface area contributed by atoms with E-state index in [1.807, 2.05) is 37.3 Å². The monoisotopic (exact) mass is 279 g/mol. The lowest BCUT2D eigenvalue weighted by Gasteiger charge is -2.07. The van der Waals surface area contributed by atoms with Crippen molar-refractivity contribution in [1.82, 2.24) is 4.98 Å². The first-order chi connectivity index (χ1) is 10.0. The summed E-state index contributed by atoms with van der Waals surface area (Å²) in [4.78, 5) is 15.5. The van der Waals surface area contributed by atoms with Gasteiger partial charge in [0.25, 0.3) is 0 Å². The maximum absolute atomic E-state index is 11.1. The quantitative estimate of drug-likeness (QED) is 0.751. The molecule has 0 fully saturated rings. The number of carbonyl (C=O) groups is 1. The Balaban J connectivity index is 2.14. The average Bonchev–Trinajstić information content (AvgIpc) is 2.47. The maximum atomic E-state index is 11.1. The Morgan fingerprint density at radius 2 is 1.71 bits per heavy atom. The summed E-state index contributed by atoms with van der Waals surface area (Å²) in [5.74, 6) is -1.38. The highest BCUT2D eigenvalue weighted by Gasteiger charge is 2.11. The van der Waals surface area contributed by atoms with Crippen LogP contribution in [0.15, 0.2) is 48.5 Å². The highest BCUT2D eigenvalue weighted by molar-refractivity contribution is 5.93. The summed E-state index contributed by atoms with van der Waals surface area (Å²) in [6.07, 6.45) is 0. The fourth-order valence-corrected chi connectivity index (χ4v) is 2.29. The largest absolute Gasteiger partial charge is 0.507 e. The Kier molecular flexibility index (Phi) is 3.06. The summed E-state index contributed by atoms with van der Waals surface area (Å²) in [6.45, 7) is 1.94.